The zero-order valence-corrected chi connectivity index (χ0v) is 59.1. The minimum Gasteiger partial charge on any atom is -0.465 e. The Balaban J connectivity index is -0.0000000518. The number of hydrogen-bond acceptors (Lipinski definition) is 6. The van der Waals surface area contributed by atoms with Crippen molar-refractivity contribution in [3.05, 3.63) is 0 Å². The summed E-state index contributed by atoms with van der Waals surface area (Å²) in [4.78, 5) is 35.3. The average molecular weight is 1420 g/mol. The van der Waals surface area contributed by atoms with Gasteiger partial charge in [-0.05, 0) is 130 Å². The molecular formula is C81H181F9O6. The van der Waals surface area contributed by atoms with Gasteiger partial charge in [-0.15, -0.1) is 0 Å². The van der Waals surface area contributed by atoms with Crippen LogP contribution in [-0.2, 0) is 28.6 Å². The zero-order chi connectivity index (χ0) is 67.6. The Morgan fingerprint density at radius 1 is 0.385 bits per heavy atom. The van der Waals surface area contributed by atoms with Gasteiger partial charge in [0.1, 0.15) is 12.2 Å². The van der Waals surface area contributed by atoms with Crippen molar-refractivity contribution in [1.29, 1.82) is 0 Å². The van der Waals surface area contributed by atoms with E-state index in [9.17, 15) is 53.9 Å². The van der Waals surface area contributed by atoms with Gasteiger partial charge >= 0.3 is 36.4 Å². The summed E-state index contributed by atoms with van der Waals surface area (Å²) in [5, 5.41) is 0. The molecule has 7 atom stereocenters. The fourth-order valence-electron chi connectivity index (χ4n) is 9.76. The van der Waals surface area contributed by atoms with Crippen LogP contribution in [0.15, 0.2) is 0 Å². The molecule has 1 aliphatic rings. The summed E-state index contributed by atoms with van der Waals surface area (Å²) in [7, 11) is 0. The summed E-state index contributed by atoms with van der Waals surface area (Å²) in [5.74, 6) is 0.440. The molecule has 0 aliphatic heterocycles. The summed E-state index contributed by atoms with van der Waals surface area (Å²) in [6.07, 6.45) is 3.78. The summed E-state index contributed by atoms with van der Waals surface area (Å²) < 4.78 is 131. The van der Waals surface area contributed by atoms with Crippen LogP contribution in [0.1, 0.15) is 399 Å². The molecule has 1 aliphatic carbocycles. The van der Waals surface area contributed by atoms with Crippen molar-refractivity contribution in [3.63, 3.8) is 0 Å². The third-order valence-corrected chi connectivity index (χ3v) is 16.9. The number of rotatable bonds is 25. The lowest BCUT2D eigenvalue weighted by Crippen LogP contribution is -2.45. The zero-order valence-electron chi connectivity index (χ0n) is 59.1. The molecule has 1 saturated carbocycles. The first-order valence-electron chi connectivity index (χ1n) is 32.7. The van der Waals surface area contributed by atoms with E-state index in [0.29, 0.717) is 10.8 Å². The number of esters is 3. The number of hydrogen-bond donors (Lipinski definition) is 0. The summed E-state index contributed by atoms with van der Waals surface area (Å²) in [6, 6.07) is 0. The van der Waals surface area contributed by atoms with Crippen LogP contribution in [0.3, 0.4) is 0 Å². The highest BCUT2D eigenvalue weighted by Crippen LogP contribution is 2.45. The first-order chi connectivity index (χ1) is 37.9. The third-order valence-electron chi connectivity index (χ3n) is 16.9. The Bertz CT molecular complexity index is 1580. The molecule has 0 N–H and O–H groups in total. The number of alkyl halides is 9. The third kappa shape index (κ3) is 57.4. The molecule has 0 spiro atoms. The quantitative estimate of drug-likeness (QED) is 0.0515. The van der Waals surface area contributed by atoms with E-state index in [1.807, 2.05) is 62.3 Å². The second-order valence-electron chi connectivity index (χ2n) is 29.1. The van der Waals surface area contributed by atoms with E-state index in [1.54, 1.807) is 0 Å². The van der Waals surface area contributed by atoms with Gasteiger partial charge in [0.25, 0.3) is 0 Å². The molecule has 6 nitrogen and oxygen atoms in total. The fourth-order valence-corrected chi connectivity index (χ4v) is 9.76. The van der Waals surface area contributed by atoms with Crippen LogP contribution in [0, 0.1) is 80.3 Å². The minimum absolute atomic E-state index is 0. The number of ether oxygens (including phenoxy) is 3. The molecule has 1 fully saturated rings. The van der Waals surface area contributed by atoms with Crippen LogP contribution in [-0.4, -0.2) is 55.3 Å². The van der Waals surface area contributed by atoms with Crippen molar-refractivity contribution in [2.24, 2.45) is 80.3 Å². The van der Waals surface area contributed by atoms with Crippen LogP contribution in [0.2, 0.25) is 0 Å². The smallest absolute Gasteiger partial charge is 0.404 e. The standard InChI is InChI=1S/C14H25F3O2.2C13H23F3O2.C11H22.2C9H20.12CH4/c1-5-8-9-11(6-2)10-19-12(18)13(4,7-3)14(15,16)17;2*1-7-12(6,13(14,15)16)11(17)18-10(8(2)3)9(4)5;1-3-10(2)9-11-7-5-4-6-8-11;2*1-6-8(2)7-9(3,4)5;;;;;;;;;;;;/h11H,5-10H2,1-4H3;2*8-10H,7H2,1-6H3;10-11H,3-9H2,1-2H3;2*8H,6-7H2,1-5H3;12*1H4. The summed E-state index contributed by atoms with van der Waals surface area (Å²) in [5.41, 5.74) is -6.19. The Hall–Kier alpha value is -2.22. The average Bonchev–Trinajstić information content (AvgIpc) is 3.37. The van der Waals surface area contributed by atoms with E-state index < -0.39 is 64.9 Å². The molecular weight excluding hydrogens is 1240 g/mol. The molecule has 15 heteroatoms. The fraction of sp³-hybridized carbons (Fsp3) is 0.963. The number of halogens is 9. The van der Waals surface area contributed by atoms with Crippen LogP contribution in [0.25, 0.3) is 0 Å². The van der Waals surface area contributed by atoms with E-state index in [0.717, 1.165) is 70.1 Å². The van der Waals surface area contributed by atoms with Crippen LogP contribution in [0.4, 0.5) is 39.5 Å². The van der Waals surface area contributed by atoms with Gasteiger partial charge < -0.3 is 14.2 Å². The van der Waals surface area contributed by atoms with Gasteiger partial charge in [-0.1, -0.05) is 333 Å². The van der Waals surface area contributed by atoms with Crippen molar-refractivity contribution in [2.75, 3.05) is 6.61 Å². The number of unbranched alkanes of at least 4 members (excludes halogenated alkanes) is 1. The molecule has 1 rings (SSSR count). The lowest BCUT2D eigenvalue weighted by atomic mass is 9.83. The molecule has 0 bridgehead atoms. The summed E-state index contributed by atoms with van der Waals surface area (Å²) >= 11 is 0. The maximum atomic E-state index is 12.9. The highest BCUT2D eigenvalue weighted by molar-refractivity contribution is 5.78. The maximum Gasteiger partial charge on any atom is 0.404 e. The van der Waals surface area contributed by atoms with Gasteiger partial charge in [-0.25, -0.2) is 0 Å². The number of carbonyl (C=O) groups excluding carboxylic acids is 3. The lowest BCUT2D eigenvalue weighted by molar-refractivity contribution is -0.236. The van der Waals surface area contributed by atoms with Gasteiger partial charge in [-0.3, -0.25) is 14.4 Å². The van der Waals surface area contributed by atoms with E-state index in [-0.39, 0.29) is 145 Å². The second-order valence-corrected chi connectivity index (χ2v) is 29.1. The molecule has 7 unspecified atom stereocenters. The number of carbonyl (C=O) groups is 3. The molecule has 0 aromatic heterocycles. The highest BCUT2D eigenvalue weighted by atomic mass is 19.4. The van der Waals surface area contributed by atoms with Crippen LogP contribution >= 0.6 is 0 Å². The van der Waals surface area contributed by atoms with Crippen molar-refractivity contribution in [2.45, 2.75) is 429 Å². The van der Waals surface area contributed by atoms with Gasteiger partial charge in [-0.2, -0.15) is 39.5 Å². The predicted molar refractivity (Wildman–Crippen MR) is 415 cm³/mol. The van der Waals surface area contributed by atoms with Crippen LogP contribution in [0.5, 0.6) is 0 Å². The van der Waals surface area contributed by atoms with Gasteiger partial charge in [0.05, 0.1) is 6.61 Å². The molecule has 0 aromatic carbocycles. The first-order valence-corrected chi connectivity index (χ1v) is 32.7. The van der Waals surface area contributed by atoms with Gasteiger partial charge in [0, 0.05) is 0 Å². The molecule has 0 amide bonds. The predicted octanol–water partition coefficient (Wildman–Crippen LogP) is 31.7. The second kappa shape index (κ2) is 64.8. The first kappa shape index (κ1) is 137. The Morgan fingerprint density at radius 2 is 0.646 bits per heavy atom. The molecule has 0 heterocycles. The van der Waals surface area contributed by atoms with Crippen molar-refractivity contribution < 1.29 is 68.1 Å². The maximum absolute atomic E-state index is 12.9. The van der Waals surface area contributed by atoms with Crippen molar-refractivity contribution >= 4 is 17.9 Å². The van der Waals surface area contributed by atoms with E-state index in [2.05, 4.69) is 90.0 Å². The largest absolute Gasteiger partial charge is 0.465 e. The summed E-state index contributed by atoms with van der Waals surface area (Å²) in [6.45, 7) is 53.2. The molecule has 96 heavy (non-hydrogen) atoms. The highest BCUT2D eigenvalue weighted by Gasteiger charge is 2.59. The molecule has 0 radical (unpaired) electrons. The topological polar surface area (TPSA) is 78.9 Å². The molecule has 604 valence electrons. The Labute approximate surface area is 599 Å². The monoisotopic (exact) mass is 1420 g/mol. The van der Waals surface area contributed by atoms with Gasteiger partial charge in [0.15, 0.2) is 16.2 Å². The lowest BCUT2D eigenvalue weighted by Gasteiger charge is -2.33. The Kier molecular flexibility index (Phi) is 92.5. The van der Waals surface area contributed by atoms with Gasteiger partial charge in [0.2, 0.25) is 0 Å². The molecule has 0 aromatic rings. The van der Waals surface area contributed by atoms with E-state index in [1.165, 1.54) is 91.4 Å². The molecule has 0 saturated heterocycles. The van der Waals surface area contributed by atoms with E-state index >= 15 is 0 Å². The van der Waals surface area contributed by atoms with Crippen LogP contribution < -0.4 is 0 Å². The van der Waals surface area contributed by atoms with Crippen molar-refractivity contribution in [3.8, 4) is 0 Å². The Morgan fingerprint density at radius 3 is 0.833 bits per heavy atom. The SMILES string of the molecule is C.C.C.C.C.C.C.C.C.C.C.C.CCC(C)(C(=O)OC(C(C)C)C(C)C)C(F)(F)F.CCC(C)(C(=O)OC(C(C)C)C(C)C)C(F)(F)F.CCC(C)CC(C)(C)C.CCC(C)CC(C)(C)C.CCC(C)CC1CCCCC1.CCCCC(CC)COC(=O)C(C)(CC)C(F)(F)F. The van der Waals surface area contributed by atoms with Crippen molar-refractivity contribution in [1.82, 2.24) is 0 Å². The van der Waals surface area contributed by atoms with E-state index in [4.69, 9.17) is 14.2 Å². The normalized spacial score (nSPS) is 15.0. The minimum atomic E-state index is -4.59.